The van der Waals surface area contributed by atoms with E-state index in [4.69, 9.17) is 4.74 Å². The molecule has 0 saturated carbocycles. The van der Waals surface area contributed by atoms with E-state index in [1.807, 2.05) is 24.3 Å². The second kappa shape index (κ2) is 11.1. The quantitative estimate of drug-likeness (QED) is 0.252. The van der Waals surface area contributed by atoms with Crippen LogP contribution >= 0.6 is 23.1 Å². The van der Waals surface area contributed by atoms with Gasteiger partial charge in [-0.2, -0.15) is 5.10 Å². The molecule has 180 valence electrons. The van der Waals surface area contributed by atoms with Crippen molar-refractivity contribution in [3.8, 4) is 11.4 Å². The maximum absolute atomic E-state index is 13.2. The number of nitrogens with one attached hydrogen (secondary N) is 2. The zero-order valence-corrected chi connectivity index (χ0v) is 20.5. The van der Waals surface area contributed by atoms with Crippen LogP contribution in [0.15, 0.2) is 59.1 Å². The molecule has 0 aliphatic carbocycles. The lowest BCUT2D eigenvalue weighted by Crippen LogP contribution is -2.14. The Morgan fingerprint density at radius 1 is 1.09 bits per heavy atom. The Kier molecular flexibility index (Phi) is 7.73. The number of rotatable bonds is 9. The van der Waals surface area contributed by atoms with Crippen LogP contribution in [0.25, 0.3) is 5.69 Å². The number of carbonyl (C=O) groups excluding carboxylic acids is 2. The molecule has 2 amide bonds. The van der Waals surface area contributed by atoms with Crippen molar-refractivity contribution in [1.29, 1.82) is 0 Å². The molecule has 12 heteroatoms. The summed E-state index contributed by atoms with van der Waals surface area (Å²) in [4.78, 5) is 25.0. The van der Waals surface area contributed by atoms with Gasteiger partial charge in [0.15, 0.2) is 15.8 Å². The highest BCUT2D eigenvalue weighted by atomic mass is 32.2. The average Bonchev–Trinajstić information content (AvgIpc) is 3.51. The van der Waals surface area contributed by atoms with E-state index in [2.05, 4.69) is 32.9 Å². The van der Waals surface area contributed by atoms with Gasteiger partial charge < -0.3 is 10.1 Å². The van der Waals surface area contributed by atoms with Crippen LogP contribution in [0, 0.1) is 5.82 Å². The van der Waals surface area contributed by atoms with Crippen LogP contribution in [0.1, 0.15) is 23.0 Å². The van der Waals surface area contributed by atoms with Crippen LogP contribution in [-0.4, -0.2) is 44.7 Å². The number of aryl methyl sites for hydroxylation is 1. The van der Waals surface area contributed by atoms with Gasteiger partial charge in [0.1, 0.15) is 5.82 Å². The normalized spacial score (nSPS) is 10.7. The molecule has 4 aromatic rings. The van der Waals surface area contributed by atoms with Crippen molar-refractivity contribution < 1.29 is 18.7 Å². The van der Waals surface area contributed by atoms with E-state index in [0.717, 1.165) is 23.4 Å². The lowest BCUT2D eigenvalue weighted by Gasteiger charge is -2.05. The topological polar surface area (TPSA) is 111 Å². The summed E-state index contributed by atoms with van der Waals surface area (Å²) in [6, 6.07) is 13.3. The fourth-order valence-corrected chi connectivity index (χ4v) is 4.56. The second-order valence-corrected chi connectivity index (χ2v) is 9.38. The molecule has 0 atom stereocenters. The van der Waals surface area contributed by atoms with E-state index in [-0.39, 0.29) is 34.1 Å². The fraction of sp³-hybridized carbons (Fsp3) is 0.174. The first-order valence-electron chi connectivity index (χ1n) is 10.5. The zero-order valence-electron chi connectivity index (χ0n) is 18.8. The second-order valence-electron chi connectivity index (χ2n) is 7.18. The third-order valence-electron chi connectivity index (χ3n) is 4.81. The summed E-state index contributed by atoms with van der Waals surface area (Å²) < 4.78 is 20.4. The van der Waals surface area contributed by atoms with Gasteiger partial charge in [-0.3, -0.25) is 14.9 Å². The fourth-order valence-electron chi connectivity index (χ4n) is 3.01. The molecule has 0 unspecified atom stereocenters. The SMILES string of the molecule is CCc1ccc(NC(=O)CSc2nnc(NC(=O)c3nn(-c4ccc(F)cc4)cc3OC)s2)cc1. The van der Waals surface area contributed by atoms with Crippen molar-refractivity contribution in [3.63, 3.8) is 0 Å². The van der Waals surface area contributed by atoms with Crippen LogP contribution < -0.4 is 15.4 Å². The van der Waals surface area contributed by atoms with Crippen molar-refractivity contribution in [2.45, 2.75) is 17.7 Å². The van der Waals surface area contributed by atoms with E-state index < -0.39 is 5.91 Å². The van der Waals surface area contributed by atoms with Crippen molar-refractivity contribution in [1.82, 2.24) is 20.0 Å². The summed E-state index contributed by atoms with van der Waals surface area (Å²) in [6.45, 7) is 2.07. The summed E-state index contributed by atoms with van der Waals surface area (Å²) in [7, 11) is 1.42. The van der Waals surface area contributed by atoms with Crippen molar-refractivity contribution in [3.05, 3.63) is 71.8 Å². The first-order chi connectivity index (χ1) is 16.9. The summed E-state index contributed by atoms with van der Waals surface area (Å²) in [5, 5.41) is 18.0. The van der Waals surface area contributed by atoms with E-state index >= 15 is 0 Å². The van der Waals surface area contributed by atoms with Crippen molar-refractivity contribution in [2.24, 2.45) is 0 Å². The Hall–Kier alpha value is -3.77. The van der Waals surface area contributed by atoms with Crippen LogP contribution in [-0.2, 0) is 11.2 Å². The first kappa shape index (κ1) is 24.4. The van der Waals surface area contributed by atoms with E-state index in [1.165, 1.54) is 59.6 Å². The summed E-state index contributed by atoms with van der Waals surface area (Å²) in [5.74, 6) is -0.693. The summed E-state index contributed by atoms with van der Waals surface area (Å²) in [6.07, 6.45) is 2.46. The number of aromatic nitrogens is 4. The molecule has 2 N–H and O–H groups in total. The highest BCUT2D eigenvalue weighted by Crippen LogP contribution is 2.27. The Morgan fingerprint density at radius 2 is 1.83 bits per heavy atom. The van der Waals surface area contributed by atoms with Gasteiger partial charge in [-0.25, -0.2) is 9.07 Å². The van der Waals surface area contributed by atoms with Crippen molar-refractivity contribution >= 4 is 45.7 Å². The maximum atomic E-state index is 13.2. The van der Waals surface area contributed by atoms with Gasteiger partial charge in [-0.15, -0.1) is 10.2 Å². The van der Waals surface area contributed by atoms with E-state index in [9.17, 15) is 14.0 Å². The van der Waals surface area contributed by atoms with E-state index in [1.54, 1.807) is 0 Å². The van der Waals surface area contributed by atoms with Gasteiger partial charge in [-0.05, 0) is 48.4 Å². The third-order valence-corrected chi connectivity index (χ3v) is 6.78. The molecular formula is C23H21FN6O3S2. The highest BCUT2D eigenvalue weighted by molar-refractivity contribution is 8.01. The molecule has 0 radical (unpaired) electrons. The number of carbonyl (C=O) groups is 2. The van der Waals surface area contributed by atoms with Crippen LogP contribution in [0.3, 0.4) is 0 Å². The number of thioether (sulfide) groups is 1. The molecule has 2 aromatic carbocycles. The molecule has 2 aromatic heterocycles. The third kappa shape index (κ3) is 6.22. The molecule has 0 aliphatic rings. The summed E-state index contributed by atoms with van der Waals surface area (Å²) >= 11 is 2.35. The number of ether oxygens (including phenoxy) is 1. The zero-order chi connectivity index (χ0) is 24.8. The molecule has 0 aliphatic heterocycles. The van der Waals surface area contributed by atoms with Crippen LogP contribution in [0.2, 0.25) is 0 Å². The maximum Gasteiger partial charge on any atom is 0.281 e. The largest absolute Gasteiger partial charge is 0.493 e. The molecule has 0 bridgehead atoms. The first-order valence-corrected chi connectivity index (χ1v) is 12.3. The number of benzene rings is 2. The van der Waals surface area contributed by atoms with Crippen LogP contribution in [0.4, 0.5) is 15.2 Å². The lowest BCUT2D eigenvalue weighted by molar-refractivity contribution is -0.113. The standard InChI is InChI=1S/C23H21FN6O3S2/c1-3-14-4-8-16(9-5-14)25-19(31)13-34-23-28-27-22(35-23)26-21(32)20-18(33-2)12-30(29-20)17-10-6-15(24)7-11-17/h4-12H,3,13H2,1-2H3,(H,25,31)(H,26,27,32). The molecule has 0 fully saturated rings. The van der Waals surface area contributed by atoms with Gasteiger partial charge >= 0.3 is 0 Å². The van der Waals surface area contributed by atoms with E-state index in [0.29, 0.717) is 10.0 Å². The molecule has 2 heterocycles. The molecule has 0 saturated heterocycles. The molecule has 35 heavy (non-hydrogen) atoms. The van der Waals surface area contributed by atoms with Gasteiger partial charge in [0.2, 0.25) is 11.0 Å². The number of anilines is 2. The Labute approximate surface area is 208 Å². The molecule has 0 spiro atoms. The number of halogens is 1. The number of hydrogen-bond acceptors (Lipinski definition) is 8. The number of hydrogen-bond donors (Lipinski definition) is 2. The Morgan fingerprint density at radius 3 is 2.51 bits per heavy atom. The van der Waals surface area contributed by atoms with Gasteiger partial charge in [0.05, 0.1) is 24.7 Å². The number of methoxy groups -OCH3 is 1. The molecule has 9 nitrogen and oxygen atoms in total. The van der Waals surface area contributed by atoms with Gasteiger partial charge in [-0.1, -0.05) is 42.2 Å². The Bertz CT molecular complexity index is 1320. The predicted octanol–water partition coefficient (Wildman–Crippen LogP) is 4.42. The Balaban J connectivity index is 1.34. The smallest absolute Gasteiger partial charge is 0.281 e. The minimum atomic E-state index is -0.538. The minimum Gasteiger partial charge on any atom is -0.493 e. The summed E-state index contributed by atoms with van der Waals surface area (Å²) in [5.41, 5.74) is 2.53. The average molecular weight is 513 g/mol. The monoisotopic (exact) mass is 512 g/mol. The molecule has 4 rings (SSSR count). The highest BCUT2D eigenvalue weighted by Gasteiger charge is 2.20. The van der Waals surface area contributed by atoms with Crippen LogP contribution in [0.5, 0.6) is 5.75 Å². The van der Waals surface area contributed by atoms with Gasteiger partial charge in [0, 0.05) is 5.69 Å². The van der Waals surface area contributed by atoms with Crippen molar-refractivity contribution in [2.75, 3.05) is 23.5 Å². The van der Waals surface area contributed by atoms with Gasteiger partial charge in [0.25, 0.3) is 5.91 Å². The molecular weight excluding hydrogens is 491 g/mol. The predicted molar refractivity (Wildman–Crippen MR) is 133 cm³/mol. The number of nitrogens with zero attached hydrogens (tertiary/aromatic N) is 4. The lowest BCUT2D eigenvalue weighted by atomic mass is 10.1. The minimum absolute atomic E-state index is 0.0368. The number of amides is 2.